The number of rotatable bonds is 6. The van der Waals surface area contributed by atoms with Crippen molar-refractivity contribution in [3.63, 3.8) is 0 Å². The molecule has 0 atom stereocenters. The van der Waals surface area contributed by atoms with Gasteiger partial charge in [-0.15, -0.1) is 0 Å². The van der Waals surface area contributed by atoms with Crippen LogP contribution < -0.4 is 5.32 Å². The predicted octanol–water partition coefficient (Wildman–Crippen LogP) is 0.604. The highest BCUT2D eigenvalue weighted by atomic mass is 16.3. The molecule has 0 aliphatic heterocycles. The minimum atomic E-state index is -0.561. The molecule has 90 valence electrons. The molecule has 0 radical (unpaired) electrons. The zero-order chi connectivity index (χ0) is 12.1. The quantitative estimate of drug-likeness (QED) is 0.684. The number of aliphatic hydroxyl groups excluding tert-OH is 1. The lowest BCUT2D eigenvalue weighted by Crippen LogP contribution is -2.56. The van der Waals surface area contributed by atoms with Crippen LogP contribution in [0.25, 0.3) is 0 Å². The second kappa shape index (κ2) is 6.08. The molecule has 0 aliphatic rings. The van der Waals surface area contributed by atoms with Gasteiger partial charge in [0, 0.05) is 12.6 Å². The van der Waals surface area contributed by atoms with E-state index < -0.39 is 5.54 Å². The average Bonchev–Trinajstić information content (AvgIpc) is 2.12. The monoisotopic (exact) mass is 216 g/mol. The van der Waals surface area contributed by atoms with Gasteiger partial charge in [-0.2, -0.15) is 0 Å². The Hall–Kier alpha value is -0.610. The number of nitrogens with one attached hydrogen (secondary N) is 1. The third-order valence-corrected chi connectivity index (χ3v) is 2.38. The zero-order valence-electron chi connectivity index (χ0n) is 10.5. The molecule has 0 saturated heterocycles. The first-order valence-corrected chi connectivity index (χ1v) is 5.53. The number of amides is 1. The fourth-order valence-electron chi connectivity index (χ4n) is 1.58. The molecule has 0 fully saturated rings. The maximum atomic E-state index is 12.1. The molecule has 0 unspecified atom stereocenters. The molecular weight excluding hydrogens is 192 g/mol. The van der Waals surface area contributed by atoms with E-state index in [1.807, 2.05) is 34.6 Å². The van der Waals surface area contributed by atoms with Gasteiger partial charge in [-0.25, -0.2) is 0 Å². The van der Waals surface area contributed by atoms with Gasteiger partial charge in [0.15, 0.2) is 0 Å². The van der Waals surface area contributed by atoms with Crippen molar-refractivity contribution >= 4 is 5.91 Å². The Balaban J connectivity index is 4.61. The molecule has 0 bridgehead atoms. The molecule has 0 heterocycles. The average molecular weight is 216 g/mol. The van der Waals surface area contributed by atoms with E-state index in [4.69, 9.17) is 5.11 Å². The highest BCUT2D eigenvalue weighted by molar-refractivity contribution is 5.85. The molecule has 15 heavy (non-hydrogen) atoms. The number of likely N-dealkylation sites (N-methyl/N-ethyl adjacent to an activating group) is 1. The first-order valence-electron chi connectivity index (χ1n) is 5.53. The van der Waals surface area contributed by atoms with E-state index >= 15 is 0 Å². The van der Waals surface area contributed by atoms with Crippen LogP contribution in [-0.4, -0.2) is 47.2 Å². The van der Waals surface area contributed by atoms with Crippen LogP contribution in [0, 0.1) is 0 Å². The van der Waals surface area contributed by atoms with Crippen molar-refractivity contribution in [3.8, 4) is 0 Å². The Kier molecular flexibility index (Phi) is 5.83. The van der Waals surface area contributed by atoms with Crippen molar-refractivity contribution < 1.29 is 9.90 Å². The molecule has 2 N–H and O–H groups in total. The Morgan fingerprint density at radius 1 is 1.47 bits per heavy atom. The molecule has 0 aliphatic carbocycles. The van der Waals surface area contributed by atoms with E-state index in [2.05, 4.69) is 5.32 Å². The third kappa shape index (κ3) is 4.18. The van der Waals surface area contributed by atoms with Crippen molar-refractivity contribution in [1.82, 2.24) is 10.2 Å². The van der Waals surface area contributed by atoms with Crippen molar-refractivity contribution in [3.05, 3.63) is 0 Å². The van der Waals surface area contributed by atoms with Crippen LogP contribution >= 0.6 is 0 Å². The summed E-state index contributed by atoms with van der Waals surface area (Å²) < 4.78 is 0. The van der Waals surface area contributed by atoms with E-state index in [1.54, 1.807) is 4.90 Å². The summed E-state index contributed by atoms with van der Waals surface area (Å²) in [5.74, 6) is 0.0356. The van der Waals surface area contributed by atoms with Crippen LogP contribution in [0.15, 0.2) is 0 Å². The first kappa shape index (κ1) is 14.4. The van der Waals surface area contributed by atoms with Gasteiger partial charge < -0.3 is 15.3 Å². The lowest BCUT2D eigenvalue weighted by atomic mass is 10.0. The highest BCUT2D eigenvalue weighted by Gasteiger charge is 2.31. The summed E-state index contributed by atoms with van der Waals surface area (Å²) in [5.41, 5.74) is -0.561. The second-order valence-corrected chi connectivity index (χ2v) is 4.47. The van der Waals surface area contributed by atoms with Gasteiger partial charge in [0.25, 0.3) is 0 Å². The molecule has 4 nitrogen and oxygen atoms in total. The molecule has 0 aromatic carbocycles. The molecular formula is C11H24N2O2. The van der Waals surface area contributed by atoms with E-state index in [0.29, 0.717) is 6.54 Å². The topological polar surface area (TPSA) is 52.6 Å². The number of carbonyl (C=O) groups excluding carboxylic acids is 1. The summed E-state index contributed by atoms with van der Waals surface area (Å²) >= 11 is 0. The van der Waals surface area contributed by atoms with Crippen LogP contribution in [0.2, 0.25) is 0 Å². The van der Waals surface area contributed by atoms with Crippen LogP contribution in [0.3, 0.4) is 0 Å². The molecule has 0 aromatic heterocycles. The lowest BCUT2D eigenvalue weighted by molar-refractivity contribution is -0.139. The third-order valence-electron chi connectivity index (χ3n) is 2.38. The van der Waals surface area contributed by atoms with E-state index in [-0.39, 0.29) is 18.6 Å². The molecule has 1 amide bonds. The van der Waals surface area contributed by atoms with Gasteiger partial charge in [-0.1, -0.05) is 6.92 Å². The van der Waals surface area contributed by atoms with Gasteiger partial charge in [-0.05, 0) is 34.2 Å². The van der Waals surface area contributed by atoms with E-state index in [9.17, 15) is 4.79 Å². The number of hydrogen-bond donors (Lipinski definition) is 2. The van der Waals surface area contributed by atoms with Crippen molar-refractivity contribution in [2.24, 2.45) is 0 Å². The zero-order valence-corrected chi connectivity index (χ0v) is 10.5. The first-order chi connectivity index (χ1) is 6.86. The summed E-state index contributed by atoms with van der Waals surface area (Å²) in [7, 11) is 0. The van der Waals surface area contributed by atoms with E-state index in [1.165, 1.54) is 0 Å². The summed E-state index contributed by atoms with van der Waals surface area (Å²) in [6.45, 7) is 10.8. The maximum absolute atomic E-state index is 12.1. The number of nitrogens with zero attached hydrogens (tertiary/aromatic N) is 1. The minimum Gasteiger partial charge on any atom is -0.395 e. The smallest absolute Gasteiger partial charge is 0.242 e. The summed E-state index contributed by atoms with van der Waals surface area (Å²) in [5, 5.41) is 12.1. The van der Waals surface area contributed by atoms with Gasteiger partial charge in [0.05, 0.1) is 12.1 Å². The van der Waals surface area contributed by atoms with Crippen LogP contribution in [0.5, 0.6) is 0 Å². The van der Waals surface area contributed by atoms with Crippen LogP contribution in [-0.2, 0) is 4.79 Å². The Morgan fingerprint density at radius 2 is 2.00 bits per heavy atom. The Bertz CT molecular complexity index is 203. The summed E-state index contributed by atoms with van der Waals surface area (Å²) in [6, 6.07) is 0.114. The van der Waals surface area contributed by atoms with Gasteiger partial charge in [0.1, 0.15) is 0 Å². The second-order valence-electron chi connectivity index (χ2n) is 4.47. The molecule has 4 heteroatoms. The lowest BCUT2D eigenvalue weighted by Gasteiger charge is -2.34. The van der Waals surface area contributed by atoms with Gasteiger partial charge in [-0.3, -0.25) is 4.79 Å². The van der Waals surface area contributed by atoms with Gasteiger partial charge in [0.2, 0.25) is 5.91 Å². The van der Waals surface area contributed by atoms with Crippen molar-refractivity contribution in [2.75, 3.05) is 19.7 Å². The van der Waals surface area contributed by atoms with Crippen LogP contribution in [0.1, 0.15) is 34.6 Å². The predicted molar refractivity (Wildman–Crippen MR) is 61.7 cm³/mol. The minimum absolute atomic E-state index is 0.00608. The Labute approximate surface area is 92.7 Å². The Morgan fingerprint density at radius 3 is 2.33 bits per heavy atom. The largest absolute Gasteiger partial charge is 0.395 e. The number of hydrogen-bond acceptors (Lipinski definition) is 3. The summed E-state index contributed by atoms with van der Waals surface area (Å²) in [4.78, 5) is 13.8. The van der Waals surface area contributed by atoms with Gasteiger partial charge >= 0.3 is 0 Å². The maximum Gasteiger partial charge on any atom is 0.242 e. The summed E-state index contributed by atoms with van der Waals surface area (Å²) in [6.07, 6.45) is 0. The SMILES string of the molecule is CCNC(C)(C)C(=O)N(CCO)C(C)C. The normalized spacial score (nSPS) is 11.9. The fourth-order valence-corrected chi connectivity index (χ4v) is 1.58. The molecule has 0 saturated carbocycles. The molecule has 0 rings (SSSR count). The molecule has 0 aromatic rings. The standard InChI is InChI=1S/C11H24N2O2/c1-6-12-11(4,5)10(15)13(7-8-14)9(2)3/h9,12,14H,6-8H2,1-5H3. The van der Waals surface area contributed by atoms with Crippen molar-refractivity contribution in [1.29, 1.82) is 0 Å². The van der Waals surface area contributed by atoms with E-state index in [0.717, 1.165) is 6.54 Å². The van der Waals surface area contributed by atoms with Crippen LogP contribution in [0.4, 0.5) is 0 Å². The number of carbonyl (C=O) groups is 1. The molecule has 0 spiro atoms. The fraction of sp³-hybridized carbons (Fsp3) is 0.909. The number of aliphatic hydroxyl groups is 1. The van der Waals surface area contributed by atoms with Crippen molar-refractivity contribution in [2.45, 2.75) is 46.2 Å². The highest BCUT2D eigenvalue weighted by Crippen LogP contribution is 2.10.